The molecule has 2 amide bonds. The molecule has 0 bridgehead atoms. The van der Waals surface area contributed by atoms with Crippen molar-refractivity contribution < 1.29 is 14.7 Å². The first-order valence-corrected chi connectivity index (χ1v) is 4.87. The molecule has 17 heavy (non-hydrogen) atoms. The lowest BCUT2D eigenvalue weighted by atomic mass is 10.3. The Morgan fingerprint density at radius 1 is 1.59 bits per heavy atom. The van der Waals surface area contributed by atoms with Gasteiger partial charge in [0.15, 0.2) is 0 Å². The second-order valence-corrected chi connectivity index (χ2v) is 3.34. The normalized spacial score (nSPS) is 9.47. The van der Waals surface area contributed by atoms with Crippen molar-refractivity contribution in [2.75, 3.05) is 18.9 Å². The first-order valence-electron chi connectivity index (χ1n) is 4.87. The van der Waals surface area contributed by atoms with Crippen LogP contribution in [0.5, 0.6) is 0 Å². The van der Waals surface area contributed by atoms with Gasteiger partial charge in [0.1, 0.15) is 5.69 Å². The molecule has 0 aromatic carbocycles. The molecule has 1 aromatic heterocycles. The Morgan fingerprint density at radius 3 is 2.76 bits per heavy atom. The lowest BCUT2D eigenvalue weighted by Gasteiger charge is -2.15. The molecule has 0 saturated heterocycles. The molecular formula is C11H13N3O3. The summed E-state index contributed by atoms with van der Waals surface area (Å²) in [5, 5.41) is 11.2. The number of aromatic nitrogens is 1. The second kappa shape index (κ2) is 5.64. The SMILES string of the molecule is C=CCN(C)C(=O)Nc1ccc(C(=O)O)nc1. The van der Waals surface area contributed by atoms with E-state index in [-0.39, 0.29) is 11.7 Å². The van der Waals surface area contributed by atoms with Crippen LogP contribution < -0.4 is 5.32 Å². The minimum atomic E-state index is -1.10. The number of hydrogen-bond acceptors (Lipinski definition) is 3. The summed E-state index contributed by atoms with van der Waals surface area (Å²) in [5.41, 5.74) is 0.373. The standard InChI is InChI=1S/C11H13N3O3/c1-3-6-14(2)11(17)13-8-4-5-9(10(15)16)12-7-8/h3-5,7H,1,6H2,2H3,(H,13,17)(H,15,16). The van der Waals surface area contributed by atoms with Crippen molar-refractivity contribution in [1.29, 1.82) is 0 Å². The molecule has 0 spiro atoms. The molecule has 0 aliphatic heterocycles. The van der Waals surface area contributed by atoms with Crippen molar-refractivity contribution in [2.24, 2.45) is 0 Å². The minimum absolute atomic E-state index is 0.0672. The van der Waals surface area contributed by atoms with Crippen LogP contribution in [0.4, 0.5) is 10.5 Å². The van der Waals surface area contributed by atoms with Gasteiger partial charge in [0, 0.05) is 13.6 Å². The topological polar surface area (TPSA) is 82.5 Å². The summed E-state index contributed by atoms with van der Waals surface area (Å²) in [5.74, 6) is -1.10. The van der Waals surface area contributed by atoms with Gasteiger partial charge in [-0.15, -0.1) is 6.58 Å². The molecular weight excluding hydrogens is 222 g/mol. The fraction of sp³-hybridized carbons (Fsp3) is 0.182. The Balaban J connectivity index is 2.66. The lowest BCUT2D eigenvalue weighted by molar-refractivity contribution is 0.0690. The zero-order valence-electron chi connectivity index (χ0n) is 9.38. The molecule has 6 heteroatoms. The molecule has 6 nitrogen and oxygen atoms in total. The Hall–Kier alpha value is -2.37. The van der Waals surface area contributed by atoms with Gasteiger partial charge in [0.2, 0.25) is 0 Å². The van der Waals surface area contributed by atoms with Gasteiger partial charge in [-0.1, -0.05) is 6.08 Å². The number of amides is 2. The summed E-state index contributed by atoms with van der Waals surface area (Å²) < 4.78 is 0. The van der Waals surface area contributed by atoms with E-state index in [0.717, 1.165) is 0 Å². The molecule has 0 radical (unpaired) electrons. The van der Waals surface area contributed by atoms with E-state index in [1.54, 1.807) is 13.1 Å². The van der Waals surface area contributed by atoms with E-state index in [1.165, 1.54) is 23.2 Å². The first-order chi connectivity index (χ1) is 8.04. The second-order valence-electron chi connectivity index (χ2n) is 3.34. The van der Waals surface area contributed by atoms with E-state index >= 15 is 0 Å². The maximum atomic E-state index is 11.5. The molecule has 90 valence electrons. The number of carbonyl (C=O) groups excluding carboxylic acids is 1. The summed E-state index contributed by atoms with van der Waals surface area (Å²) >= 11 is 0. The molecule has 0 atom stereocenters. The van der Waals surface area contributed by atoms with Gasteiger partial charge in [-0.3, -0.25) is 0 Å². The minimum Gasteiger partial charge on any atom is -0.477 e. The molecule has 1 heterocycles. The smallest absolute Gasteiger partial charge is 0.354 e. The van der Waals surface area contributed by atoms with Crippen LogP contribution in [0.2, 0.25) is 0 Å². The van der Waals surface area contributed by atoms with Gasteiger partial charge < -0.3 is 15.3 Å². The number of carbonyl (C=O) groups is 2. The van der Waals surface area contributed by atoms with Crippen LogP contribution >= 0.6 is 0 Å². The zero-order chi connectivity index (χ0) is 12.8. The number of hydrogen-bond donors (Lipinski definition) is 2. The highest BCUT2D eigenvalue weighted by molar-refractivity contribution is 5.90. The largest absolute Gasteiger partial charge is 0.477 e. The molecule has 1 rings (SSSR count). The predicted octanol–water partition coefficient (Wildman–Crippen LogP) is 1.43. The third-order valence-corrected chi connectivity index (χ3v) is 1.98. The number of aromatic carboxylic acids is 1. The Bertz CT molecular complexity index is 428. The fourth-order valence-corrected chi connectivity index (χ4v) is 1.09. The quantitative estimate of drug-likeness (QED) is 0.773. The fourth-order valence-electron chi connectivity index (χ4n) is 1.09. The third-order valence-electron chi connectivity index (χ3n) is 1.98. The Kier molecular flexibility index (Phi) is 4.21. The first kappa shape index (κ1) is 12.7. The van der Waals surface area contributed by atoms with E-state index in [9.17, 15) is 9.59 Å². The number of likely N-dealkylation sites (N-methyl/N-ethyl adjacent to an activating group) is 1. The van der Waals surface area contributed by atoms with Crippen LogP contribution in [0.15, 0.2) is 31.0 Å². The molecule has 0 aliphatic rings. The molecule has 0 fully saturated rings. The third kappa shape index (κ3) is 3.60. The summed E-state index contributed by atoms with van der Waals surface area (Å²) in [4.78, 5) is 27.2. The van der Waals surface area contributed by atoms with Crippen molar-refractivity contribution in [1.82, 2.24) is 9.88 Å². The summed E-state index contributed by atoms with van der Waals surface area (Å²) in [6.07, 6.45) is 2.90. The zero-order valence-corrected chi connectivity index (χ0v) is 9.38. The number of anilines is 1. The van der Waals surface area contributed by atoms with Crippen LogP contribution in [0.1, 0.15) is 10.5 Å². The molecule has 2 N–H and O–H groups in total. The van der Waals surface area contributed by atoms with Crippen LogP contribution in [-0.4, -0.2) is 40.6 Å². The van der Waals surface area contributed by atoms with Gasteiger partial charge in [0.25, 0.3) is 0 Å². The number of pyridine rings is 1. The maximum absolute atomic E-state index is 11.5. The van der Waals surface area contributed by atoms with Crippen molar-refractivity contribution in [3.05, 3.63) is 36.7 Å². The summed E-state index contributed by atoms with van der Waals surface area (Å²) in [6, 6.07) is 2.50. The summed E-state index contributed by atoms with van der Waals surface area (Å²) in [6.45, 7) is 3.94. The number of carboxylic acid groups (broad SMARTS) is 1. The highest BCUT2D eigenvalue weighted by atomic mass is 16.4. The van der Waals surface area contributed by atoms with Crippen molar-refractivity contribution in [3.8, 4) is 0 Å². The van der Waals surface area contributed by atoms with Crippen LogP contribution in [0.3, 0.4) is 0 Å². The average molecular weight is 235 g/mol. The van der Waals surface area contributed by atoms with E-state index < -0.39 is 5.97 Å². The number of nitrogens with one attached hydrogen (secondary N) is 1. The highest BCUT2D eigenvalue weighted by Gasteiger charge is 2.08. The van der Waals surface area contributed by atoms with Gasteiger partial charge in [-0.25, -0.2) is 14.6 Å². The molecule has 0 aliphatic carbocycles. The highest BCUT2D eigenvalue weighted by Crippen LogP contribution is 2.07. The van der Waals surface area contributed by atoms with E-state index in [4.69, 9.17) is 5.11 Å². The van der Waals surface area contributed by atoms with Gasteiger partial charge in [0.05, 0.1) is 11.9 Å². The Labute approximate surface area is 98.6 Å². The number of nitrogens with zero attached hydrogens (tertiary/aromatic N) is 2. The maximum Gasteiger partial charge on any atom is 0.354 e. The summed E-state index contributed by atoms with van der Waals surface area (Å²) in [7, 11) is 1.62. The van der Waals surface area contributed by atoms with Gasteiger partial charge in [-0.05, 0) is 12.1 Å². The average Bonchev–Trinajstić information content (AvgIpc) is 2.30. The van der Waals surface area contributed by atoms with Crippen molar-refractivity contribution in [3.63, 3.8) is 0 Å². The Morgan fingerprint density at radius 2 is 2.29 bits per heavy atom. The van der Waals surface area contributed by atoms with Gasteiger partial charge >= 0.3 is 12.0 Å². The lowest BCUT2D eigenvalue weighted by Crippen LogP contribution is -2.31. The van der Waals surface area contributed by atoms with Crippen LogP contribution in [0, 0.1) is 0 Å². The molecule has 0 unspecified atom stereocenters. The number of carboxylic acids is 1. The molecule has 1 aromatic rings. The van der Waals surface area contributed by atoms with Crippen molar-refractivity contribution >= 4 is 17.7 Å². The number of urea groups is 1. The predicted molar refractivity (Wildman–Crippen MR) is 63.0 cm³/mol. The van der Waals surface area contributed by atoms with Crippen molar-refractivity contribution in [2.45, 2.75) is 0 Å². The monoisotopic (exact) mass is 235 g/mol. The van der Waals surface area contributed by atoms with Crippen LogP contribution in [-0.2, 0) is 0 Å². The molecule has 0 saturated carbocycles. The van der Waals surface area contributed by atoms with Gasteiger partial charge in [-0.2, -0.15) is 0 Å². The van der Waals surface area contributed by atoms with Crippen LogP contribution in [0.25, 0.3) is 0 Å². The van der Waals surface area contributed by atoms with E-state index in [1.807, 2.05) is 0 Å². The van der Waals surface area contributed by atoms with E-state index in [2.05, 4.69) is 16.9 Å². The van der Waals surface area contributed by atoms with E-state index in [0.29, 0.717) is 12.2 Å². The number of rotatable bonds is 4.